The van der Waals surface area contributed by atoms with E-state index in [-0.39, 0.29) is 23.8 Å². The molecule has 7 nitrogen and oxygen atoms in total. The topological polar surface area (TPSA) is 111 Å². The maximum absolute atomic E-state index is 12.1. The number of aromatic amines is 1. The highest BCUT2D eigenvalue weighted by atomic mass is 16.5. The fourth-order valence-electron chi connectivity index (χ4n) is 2.33. The van der Waals surface area contributed by atoms with E-state index in [1.165, 1.54) is 0 Å². The van der Waals surface area contributed by atoms with E-state index in [1.807, 2.05) is 0 Å². The molecule has 2 N–H and O–H groups in total. The molecule has 1 amide bonds. The molecule has 112 valence electrons. The van der Waals surface area contributed by atoms with Crippen LogP contribution in [0.2, 0.25) is 0 Å². The molecule has 0 aliphatic rings. The van der Waals surface area contributed by atoms with Crippen molar-refractivity contribution in [1.29, 1.82) is 0 Å². The van der Waals surface area contributed by atoms with Crippen molar-refractivity contribution in [3.05, 3.63) is 47.3 Å². The molecule has 0 saturated carbocycles. The van der Waals surface area contributed by atoms with Crippen molar-refractivity contribution in [2.75, 3.05) is 5.32 Å². The number of nitrogens with zero attached hydrogens (tertiary/aromatic N) is 1. The number of aryl methyl sites for hydroxylation is 1. The smallest absolute Gasteiger partial charge is 0.230 e. The number of hydrogen-bond acceptors (Lipinski definition) is 5. The number of aromatic nitrogens is 2. The van der Waals surface area contributed by atoms with Gasteiger partial charge in [-0.15, -0.1) is 0 Å². The highest BCUT2D eigenvalue weighted by Gasteiger charge is 2.16. The zero-order valence-electron chi connectivity index (χ0n) is 11.7. The van der Waals surface area contributed by atoms with Crippen molar-refractivity contribution in [2.45, 2.75) is 13.3 Å². The molecule has 0 radical (unpaired) electrons. The van der Waals surface area contributed by atoms with Gasteiger partial charge in [0.15, 0.2) is 5.82 Å². The number of carbonyl (C=O) groups is 2. The average Bonchev–Trinajstić information content (AvgIpc) is 3.03. The number of hydrogen-bond donors (Lipinski definition) is 2. The van der Waals surface area contributed by atoms with Crippen molar-refractivity contribution in [3.8, 4) is 0 Å². The first-order valence-corrected chi connectivity index (χ1v) is 6.58. The summed E-state index contributed by atoms with van der Waals surface area (Å²) >= 11 is 0. The SMILES string of the molecule is Cc1cc(NC(=O)Cc2c(C(=O)[O-])[nH]c3ccccc23)no1. The van der Waals surface area contributed by atoms with E-state index in [4.69, 9.17) is 4.52 Å². The monoisotopic (exact) mass is 298 g/mol. The summed E-state index contributed by atoms with van der Waals surface area (Å²) in [6.07, 6.45) is -0.112. The fourth-order valence-corrected chi connectivity index (χ4v) is 2.33. The van der Waals surface area contributed by atoms with Crippen LogP contribution in [0.25, 0.3) is 10.9 Å². The molecule has 0 bridgehead atoms. The van der Waals surface area contributed by atoms with Gasteiger partial charge in [-0.25, -0.2) is 0 Å². The Hall–Kier alpha value is -3.09. The minimum atomic E-state index is -1.35. The van der Waals surface area contributed by atoms with Crippen LogP contribution in [0, 0.1) is 6.92 Å². The number of aromatic carboxylic acids is 1. The van der Waals surface area contributed by atoms with Crippen LogP contribution in [0.5, 0.6) is 0 Å². The maximum Gasteiger partial charge on any atom is 0.230 e. The van der Waals surface area contributed by atoms with Crippen molar-refractivity contribution < 1.29 is 19.2 Å². The Kier molecular flexibility index (Phi) is 3.38. The zero-order chi connectivity index (χ0) is 15.7. The third-order valence-electron chi connectivity index (χ3n) is 3.25. The second kappa shape index (κ2) is 5.36. The lowest BCUT2D eigenvalue weighted by Gasteiger charge is -2.05. The summed E-state index contributed by atoms with van der Waals surface area (Å²) in [5.41, 5.74) is 0.933. The van der Waals surface area contributed by atoms with Crippen LogP contribution >= 0.6 is 0 Å². The number of carboxylic acids is 1. The summed E-state index contributed by atoms with van der Waals surface area (Å²) < 4.78 is 4.86. The highest BCUT2D eigenvalue weighted by Crippen LogP contribution is 2.23. The van der Waals surface area contributed by atoms with Gasteiger partial charge in [0.1, 0.15) is 5.76 Å². The van der Waals surface area contributed by atoms with Crippen LogP contribution in [-0.4, -0.2) is 22.0 Å². The van der Waals surface area contributed by atoms with Crippen LogP contribution < -0.4 is 10.4 Å². The van der Waals surface area contributed by atoms with Gasteiger partial charge in [-0.3, -0.25) is 4.79 Å². The van der Waals surface area contributed by atoms with Crippen molar-refractivity contribution in [3.63, 3.8) is 0 Å². The number of nitrogens with one attached hydrogen (secondary N) is 2. The Bertz CT molecular complexity index is 863. The van der Waals surface area contributed by atoms with Gasteiger partial charge in [0, 0.05) is 17.0 Å². The van der Waals surface area contributed by atoms with E-state index in [9.17, 15) is 14.7 Å². The van der Waals surface area contributed by atoms with Crippen LogP contribution in [0.3, 0.4) is 0 Å². The second-order valence-electron chi connectivity index (χ2n) is 4.86. The van der Waals surface area contributed by atoms with Gasteiger partial charge in [-0.05, 0) is 18.6 Å². The molecule has 0 spiro atoms. The van der Waals surface area contributed by atoms with E-state index in [0.29, 0.717) is 22.2 Å². The molecule has 0 aliphatic heterocycles. The molecule has 0 fully saturated rings. The zero-order valence-corrected chi connectivity index (χ0v) is 11.7. The first kappa shape index (κ1) is 13.9. The Morgan fingerprint density at radius 3 is 2.82 bits per heavy atom. The van der Waals surface area contributed by atoms with Crippen LogP contribution in [0.15, 0.2) is 34.9 Å². The molecule has 1 aromatic carbocycles. The highest BCUT2D eigenvalue weighted by molar-refractivity contribution is 6.01. The van der Waals surface area contributed by atoms with Gasteiger partial charge in [0.05, 0.1) is 18.1 Å². The molecule has 0 unspecified atom stereocenters. The summed E-state index contributed by atoms with van der Waals surface area (Å²) in [7, 11) is 0. The van der Waals surface area contributed by atoms with Crippen molar-refractivity contribution in [2.24, 2.45) is 0 Å². The number of H-pyrrole nitrogens is 1. The molecule has 22 heavy (non-hydrogen) atoms. The van der Waals surface area contributed by atoms with Crippen molar-refractivity contribution in [1.82, 2.24) is 10.1 Å². The number of carboxylic acid groups (broad SMARTS) is 1. The summed E-state index contributed by atoms with van der Waals surface area (Å²) in [4.78, 5) is 26.1. The Morgan fingerprint density at radius 2 is 2.14 bits per heavy atom. The Balaban J connectivity index is 1.90. The molecule has 0 saturated heterocycles. The minimum Gasteiger partial charge on any atom is -0.543 e. The standard InChI is InChI=1S/C15H13N3O4/c1-8-6-12(18-22-8)17-13(19)7-10-9-4-2-3-5-11(9)16-14(10)15(20)21/h2-6,16H,7H2,1H3,(H,20,21)(H,17,18,19)/p-1. The van der Waals surface area contributed by atoms with E-state index in [2.05, 4.69) is 15.5 Å². The third kappa shape index (κ3) is 2.56. The molecule has 3 aromatic rings. The van der Waals surface area contributed by atoms with E-state index in [0.717, 1.165) is 0 Å². The molecule has 0 atom stereocenters. The first-order valence-electron chi connectivity index (χ1n) is 6.58. The summed E-state index contributed by atoms with van der Waals surface area (Å²) in [5, 5.41) is 18.1. The number of benzene rings is 1. The predicted octanol–water partition coefficient (Wildman–Crippen LogP) is 1.01. The first-order chi connectivity index (χ1) is 10.5. The maximum atomic E-state index is 12.1. The van der Waals surface area contributed by atoms with Gasteiger partial charge in [0.25, 0.3) is 0 Å². The van der Waals surface area contributed by atoms with Crippen LogP contribution in [-0.2, 0) is 11.2 Å². The van der Waals surface area contributed by atoms with E-state index >= 15 is 0 Å². The number of amides is 1. The molecule has 0 aliphatic carbocycles. The summed E-state index contributed by atoms with van der Waals surface area (Å²) in [6.45, 7) is 1.70. The molecule has 2 aromatic heterocycles. The van der Waals surface area contributed by atoms with Gasteiger partial charge in [-0.2, -0.15) is 0 Å². The lowest BCUT2D eigenvalue weighted by molar-refractivity contribution is -0.255. The van der Waals surface area contributed by atoms with E-state index in [1.54, 1.807) is 37.3 Å². The number of anilines is 1. The molecular formula is C15H12N3O4-. The Labute approximate surface area is 124 Å². The largest absolute Gasteiger partial charge is 0.543 e. The molecule has 7 heteroatoms. The van der Waals surface area contributed by atoms with Gasteiger partial charge >= 0.3 is 0 Å². The number of rotatable bonds is 4. The van der Waals surface area contributed by atoms with Crippen molar-refractivity contribution >= 4 is 28.6 Å². The average molecular weight is 298 g/mol. The normalized spacial score (nSPS) is 10.8. The predicted molar refractivity (Wildman–Crippen MR) is 76.2 cm³/mol. The van der Waals surface area contributed by atoms with Gasteiger partial charge in [0.2, 0.25) is 5.91 Å². The number of carbonyl (C=O) groups excluding carboxylic acids is 2. The molecule has 3 rings (SSSR count). The minimum absolute atomic E-state index is 0.0901. The quantitative estimate of drug-likeness (QED) is 0.746. The Morgan fingerprint density at radius 1 is 1.36 bits per heavy atom. The van der Waals surface area contributed by atoms with Crippen LogP contribution in [0.1, 0.15) is 21.8 Å². The van der Waals surface area contributed by atoms with Crippen LogP contribution in [0.4, 0.5) is 5.82 Å². The molecule has 2 heterocycles. The van der Waals surface area contributed by atoms with Gasteiger partial charge < -0.3 is 24.7 Å². The lowest BCUT2D eigenvalue weighted by atomic mass is 10.1. The summed E-state index contributed by atoms with van der Waals surface area (Å²) in [5.74, 6) is -0.882. The molecular weight excluding hydrogens is 286 g/mol. The van der Waals surface area contributed by atoms with Gasteiger partial charge in [-0.1, -0.05) is 23.4 Å². The van der Waals surface area contributed by atoms with E-state index < -0.39 is 5.97 Å². The third-order valence-corrected chi connectivity index (χ3v) is 3.25. The fraction of sp³-hybridized carbons (Fsp3) is 0.133. The number of para-hydroxylation sites is 1. The number of fused-ring (bicyclic) bond motifs is 1. The second-order valence-corrected chi connectivity index (χ2v) is 4.86. The lowest BCUT2D eigenvalue weighted by Crippen LogP contribution is -2.25. The summed E-state index contributed by atoms with van der Waals surface area (Å²) in [6, 6.07) is 8.62.